The number of benzene rings is 1. The van der Waals surface area contributed by atoms with Crippen LogP contribution in [0.15, 0.2) is 53.6 Å². The van der Waals surface area contributed by atoms with Crippen molar-refractivity contribution >= 4 is 11.6 Å². The number of H-pyrrole nitrogens is 1. The van der Waals surface area contributed by atoms with E-state index in [4.69, 9.17) is 0 Å². The molecule has 8 nitrogen and oxygen atoms in total. The molecule has 1 aromatic carbocycles. The van der Waals surface area contributed by atoms with E-state index >= 15 is 0 Å². The van der Waals surface area contributed by atoms with Gasteiger partial charge >= 0.3 is 0 Å². The van der Waals surface area contributed by atoms with Crippen molar-refractivity contribution < 1.29 is 9.18 Å². The first kappa shape index (κ1) is 19.4. The highest BCUT2D eigenvalue weighted by Gasteiger charge is 2.19. The van der Waals surface area contributed by atoms with Crippen LogP contribution in [0.1, 0.15) is 39.2 Å². The number of aromatic nitrogens is 5. The van der Waals surface area contributed by atoms with Crippen molar-refractivity contribution in [3.63, 3.8) is 0 Å². The summed E-state index contributed by atoms with van der Waals surface area (Å²) in [5, 5.41) is 5.81. The second-order valence-electron chi connectivity index (χ2n) is 7.04. The summed E-state index contributed by atoms with van der Waals surface area (Å²) >= 11 is 0. The molecule has 4 rings (SSSR count). The van der Waals surface area contributed by atoms with Crippen LogP contribution in [0, 0.1) is 19.7 Å². The van der Waals surface area contributed by atoms with Gasteiger partial charge in [-0.3, -0.25) is 19.7 Å². The Morgan fingerprint density at radius 1 is 1.17 bits per heavy atom. The van der Waals surface area contributed by atoms with E-state index in [1.807, 2.05) is 6.92 Å². The van der Waals surface area contributed by atoms with Gasteiger partial charge in [0.05, 0.1) is 23.6 Å². The van der Waals surface area contributed by atoms with Crippen molar-refractivity contribution in [2.45, 2.75) is 26.3 Å². The summed E-state index contributed by atoms with van der Waals surface area (Å²) in [6.07, 6.45) is 3.14. The third kappa shape index (κ3) is 4.09. The van der Waals surface area contributed by atoms with Crippen LogP contribution in [0.25, 0.3) is 5.65 Å². The van der Waals surface area contributed by atoms with Crippen molar-refractivity contribution in [3.8, 4) is 0 Å². The topological polar surface area (TPSA) is 105 Å². The standard InChI is InChI=1S/C21H19FN6O2/c1-12-7-19-25-16(9-20(29)28(19)27-12)8-17(14-3-5-15(22)6-4-14)26-21(30)18-11-23-13(2)10-24-18/h3-7,9-11,17,27H,8H2,1-2H3,(H,26,30)/t17-/m0/s1. The van der Waals surface area contributed by atoms with Crippen molar-refractivity contribution in [1.82, 2.24) is 29.9 Å². The van der Waals surface area contributed by atoms with Crippen LogP contribution >= 0.6 is 0 Å². The third-order valence-corrected chi connectivity index (χ3v) is 4.64. The van der Waals surface area contributed by atoms with Crippen molar-refractivity contribution in [2.75, 3.05) is 0 Å². The highest BCUT2D eigenvalue weighted by atomic mass is 19.1. The smallest absolute Gasteiger partial charge is 0.272 e. The Hall–Kier alpha value is -3.88. The number of hydrogen-bond donors (Lipinski definition) is 2. The number of hydrogen-bond acceptors (Lipinski definition) is 5. The molecule has 2 N–H and O–H groups in total. The minimum atomic E-state index is -0.546. The molecule has 3 heterocycles. The maximum Gasteiger partial charge on any atom is 0.272 e. The number of halogens is 1. The number of nitrogens with zero attached hydrogens (tertiary/aromatic N) is 4. The predicted molar refractivity (Wildman–Crippen MR) is 108 cm³/mol. The molecule has 0 spiro atoms. The summed E-state index contributed by atoms with van der Waals surface area (Å²) in [6, 6.07) is 8.45. The molecule has 30 heavy (non-hydrogen) atoms. The van der Waals surface area contributed by atoms with Crippen LogP contribution in [-0.2, 0) is 6.42 Å². The Bertz CT molecular complexity index is 1260. The molecule has 152 valence electrons. The number of amides is 1. The van der Waals surface area contributed by atoms with Crippen LogP contribution in [-0.4, -0.2) is 30.5 Å². The fourth-order valence-electron chi connectivity index (χ4n) is 3.16. The number of aromatic amines is 1. The second-order valence-corrected chi connectivity index (χ2v) is 7.04. The largest absolute Gasteiger partial charge is 0.343 e. The lowest BCUT2D eigenvalue weighted by Gasteiger charge is -2.19. The van der Waals surface area contributed by atoms with E-state index in [9.17, 15) is 14.0 Å². The molecule has 3 aromatic heterocycles. The summed E-state index contributed by atoms with van der Waals surface area (Å²) in [7, 11) is 0. The molecule has 0 radical (unpaired) electrons. The Balaban J connectivity index is 1.66. The number of aryl methyl sites for hydroxylation is 2. The van der Waals surface area contributed by atoms with Crippen molar-refractivity contribution in [3.05, 3.63) is 93.3 Å². The molecule has 1 amide bonds. The lowest BCUT2D eigenvalue weighted by atomic mass is 10.0. The second kappa shape index (κ2) is 7.86. The molecular formula is C21H19FN6O2. The third-order valence-electron chi connectivity index (χ3n) is 4.64. The van der Waals surface area contributed by atoms with Crippen LogP contribution in [0.2, 0.25) is 0 Å². The van der Waals surface area contributed by atoms with Crippen molar-refractivity contribution in [1.29, 1.82) is 0 Å². The Morgan fingerprint density at radius 3 is 2.63 bits per heavy atom. The molecule has 4 aromatic rings. The number of nitrogens with one attached hydrogen (secondary N) is 2. The van der Waals surface area contributed by atoms with E-state index in [0.717, 1.165) is 5.69 Å². The summed E-state index contributed by atoms with van der Waals surface area (Å²) in [5.41, 5.74) is 3.08. The minimum absolute atomic E-state index is 0.164. The lowest BCUT2D eigenvalue weighted by molar-refractivity contribution is 0.0931. The lowest BCUT2D eigenvalue weighted by Crippen LogP contribution is -2.31. The Morgan fingerprint density at radius 2 is 1.93 bits per heavy atom. The van der Waals surface area contributed by atoms with Gasteiger partial charge in [0.25, 0.3) is 11.5 Å². The van der Waals surface area contributed by atoms with E-state index in [1.165, 1.54) is 35.1 Å². The van der Waals surface area contributed by atoms with E-state index in [-0.39, 0.29) is 23.5 Å². The predicted octanol–water partition coefficient (Wildman–Crippen LogP) is 2.28. The molecule has 0 fully saturated rings. The zero-order valence-corrected chi connectivity index (χ0v) is 16.4. The van der Waals surface area contributed by atoms with E-state index in [0.29, 0.717) is 22.6 Å². The summed E-state index contributed by atoms with van der Waals surface area (Å²) in [4.78, 5) is 37.8. The first-order valence-electron chi connectivity index (χ1n) is 9.32. The summed E-state index contributed by atoms with van der Waals surface area (Å²) in [6.45, 7) is 3.61. The fourth-order valence-corrected chi connectivity index (χ4v) is 3.16. The molecule has 9 heteroatoms. The molecule has 1 atom stereocenters. The summed E-state index contributed by atoms with van der Waals surface area (Å²) in [5.74, 6) is -0.805. The highest BCUT2D eigenvalue weighted by Crippen LogP contribution is 2.19. The van der Waals surface area contributed by atoms with Gasteiger partial charge in [-0.25, -0.2) is 18.9 Å². The van der Waals surface area contributed by atoms with Gasteiger partial charge in [-0.15, -0.1) is 0 Å². The highest BCUT2D eigenvalue weighted by molar-refractivity contribution is 5.92. The number of fused-ring (bicyclic) bond motifs is 1. The van der Waals surface area contributed by atoms with E-state index in [1.54, 1.807) is 25.1 Å². The van der Waals surface area contributed by atoms with Gasteiger partial charge in [0.15, 0.2) is 5.65 Å². The van der Waals surface area contributed by atoms with Gasteiger partial charge in [-0.2, -0.15) is 0 Å². The first-order valence-corrected chi connectivity index (χ1v) is 9.32. The van der Waals surface area contributed by atoms with Crippen molar-refractivity contribution in [2.24, 2.45) is 0 Å². The van der Waals surface area contributed by atoms with Crippen LogP contribution in [0.4, 0.5) is 4.39 Å². The Kier molecular flexibility index (Phi) is 5.09. The fraction of sp³-hybridized carbons (Fsp3) is 0.190. The molecule has 0 aliphatic heterocycles. The molecule has 0 saturated carbocycles. The van der Waals surface area contributed by atoms with Gasteiger partial charge in [0.1, 0.15) is 11.5 Å². The molecule has 0 saturated heterocycles. The van der Waals surface area contributed by atoms with Crippen LogP contribution in [0.5, 0.6) is 0 Å². The quantitative estimate of drug-likeness (QED) is 0.529. The molecule has 0 bridgehead atoms. The monoisotopic (exact) mass is 406 g/mol. The molecule has 0 unspecified atom stereocenters. The van der Waals surface area contributed by atoms with Gasteiger partial charge < -0.3 is 5.32 Å². The maximum absolute atomic E-state index is 13.4. The van der Waals surface area contributed by atoms with Gasteiger partial charge in [0.2, 0.25) is 0 Å². The average molecular weight is 406 g/mol. The zero-order chi connectivity index (χ0) is 21.3. The summed E-state index contributed by atoms with van der Waals surface area (Å²) < 4.78 is 14.8. The number of carbonyl (C=O) groups is 1. The van der Waals surface area contributed by atoms with Crippen LogP contribution < -0.4 is 10.9 Å². The average Bonchev–Trinajstić information content (AvgIpc) is 3.09. The molecule has 0 aliphatic rings. The Labute approximate surface area is 170 Å². The minimum Gasteiger partial charge on any atom is -0.343 e. The zero-order valence-electron chi connectivity index (χ0n) is 16.4. The van der Waals surface area contributed by atoms with Gasteiger partial charge in [0, 0.05) is 30.4 Å². The number of rotatable bonds is 5. The molecule has 0 aliphatic carbocycles. The SMILES string of the molecule is Cc1cnc(C(=O)N[C@@H](Cc2cc(=O)n3[nH]c(C)cc3n2)c2ccc(F)cc2)cn1. The van der Waals surface area contributed by atoms with Crippen LogP contribution in [0.3, 0.4) is 0 Å². The normalized spacial score (nSPS) is 12.1. The molecular weight excluding hydrogens is 387 g/mol. The van der Waals surface area contributed by atoms with E-state index in [2.05, 4.69) is 25.4 Å². The maximum atomic E-state index is 13.4. The van der Waals surface area contributed by atoms with E-state index < -0.39 is 11.9 Å². The number of carbonyl (C=O) groups excluding carboxylic acids is 1. The van der Waals surface area contributed by atoms with Gasteiger partial charge in [-0.05, 0) is 31.5 Å². The first-order chi connectivity index (χ1) is 14.4. The van der Waals surface area contributed by atoms with Gasteiger partial charge in [-0.1, -0.05) is 12.1 Å².